The van der Waals surface area contributed by atoms with Gasteiger partial charge in [0.05, 0.1) is 19.1 Å². The second kappa shape index (κ2) is 8.65. The van der Waals surface area contributed by atoms with E-state index in [1.54, 1.807) is 19.1 Å². The van der Waals surface area contributed by atoms with Gasteiger partial charge >= 0.3 is 0 Å². The van der Waals surface area contributed by atoms with E-state index < -0.39 is 22.0 Å². The van der Waals surface area contributed by atoms with Gasteiger partial charge in [-0.25, -0.2) is 8.42 Å². The van der Waals surface area contributed by atoms with E-state index in [2.05, 4.69) is 19.2 Å². The lowest BCUT2D eigenvalue weighted by atomic mass is 10.0. The molecule has 0 saturated carbocycles. The first-order chi connectivity index (χ1) is 13.0. The Bertz CT molecular complexity index is 937. The lowest BCUT2D eigenvalue weighted by molar-refractivity contribution is -0.116. The highest BCUT2D eigenvalue weighted by atomic mass is 32.2. The summed E-state index contributed by atoms with van der Waals surface area (Å²) in [6.07, 6.45) is 1.08. The molecule has 7 heteroatoms. The third-order valence-electron chi connectivity index (χ3n) is 4.51. The van der Waals surface area contributed by atoms with Crippen LogP contribution in [0.25, 0.3) is 0 Å². The molecule has 0 saturated heterocycles. The standard InChI is InChI=1S/C21H28N2O4S/c1-14(2)17-8-10-18(11-9-17)22-21(24)16(4)23(28(6,25)26)19-13-15(3)7-12-20(19)27-5/h7-14,16H,1-6H3,(H,22,24)/t16-/m1/s1. The van der Waals surface area contributed by atoms with Crippen molar-refractivity contribution in [2.75, 3.05) is 23.0 Å². The summed E-state index contributed by atoms with van der Waals surface area (Å²) in [5, 5.41) is 2.80. The SMILES string of the molecule is COc1ccc(C)cc1N([C@H](C)C(=O)Nc1ccc(C(C)C)cc1)S(C)(=O)=O. The third-order valence-corrected chi connectivity index (χ3v) is 5.73. The molecule has 0 aliphatic carbocycles. The van der Waals surface area contributed by atoms with Gasteiger partial charge in [-0.2, -0.15) is 0 Å². The number of aryl methyl sites for hydroxylation is 1. The zero-order valence-corrected chi connectivity index (χ0v) is 18.0. The molecule has 0 spiro atoms. The Morgan fingerprint density at radius 3 is 2.18 bits per heavy atom. The second-order valence-electron chi connectivity index (χ2n) is 7.18. The molecule has 1 amide bonds. The van der Waals surface area contributed by atoms with Crippen LogP contribution in [0.5, 0.6) is 5.75 Å². The van der Waals surface area contributed by atoms with Gasteiger partial charge in [-0.15, -0.1) is 0 Å². The fourth-order valence-corrected chi connectivity index (χ4v) is 4.12. The zero-order valence-electron chi connectivity index (χ0n) is 17.2. The lowest BCUT2D eigenvalue weighted by Gasteiger charge is -2.29. The molecule has 1 atom stereocenters. The average molecular weight is 405 g/mol. The highest BCUT2D eigenvalue weighted by molar-refractivity contribution is 7.92. The highest BCUT2D eigenvalue weighted by Crippen LogP contribution is 2.33. The Kier molecular flexibility index (Phi) is 6.72. The van der Waals surface area contributed by atoms with Crippen molar-refractivity contribution in [2.24, 2.45) is 0 Å². The summed E-state index contributed by atoms with van der Waals surface area (Å²) < 4.78 is 31.5. The maximum absolute atomic E-state index is 12.8. The normalized spacial score (nSPS) is 12.5. The Balaban J connectivity index is 2.34. The first kappa shape index (κ1) is 21.8. The van der Waals surface area contributed by atoms with Crippen molar-refractivity contribution in [3.8, 4) is 5.75 Å². The zero-order chi connectivity index (χ0) is 21.1. The van der Waals surface area contributed by atoms with Gasteiger partial charge in [0.15, 0.2) is 0 Å². The number of rotatable bonds is 7. The molecule has 0 aliphatic rings. The summed E-state index contributed by atoms with van der Waals surface area (Å²) in [6.45, 7) is 7.59. The Hall–Kier alpha value is -2.54. The van der Waals surface area contributed by atoms with Crippen LogP contribution in [0.4, 0.5) is 11.4 Å². The van der Waals surface area contributed by atoms with Gasteiger partial charge in [0.2, 0.25) is 15.9 Å². The average Bonchev–Trinajstić information content (AvgIpc) is 2.61. The molecule has 0 aromatic heterocycles. The van der Waals surface area contributed by atoms with Crippen molar-refractivity contribution in [1.82, 2.24) is 0 Å². The second-order valence-corrected chi connectivity index (χ2v) is 9.04. The summed E-state index contributed by atoms with van der Waals surface area (Å²) in [4.78, 5) is 12.8. The fraction of sp³-hybridized carbons (Fsp3) is 0.381. The fourth-order valence-electron chi connectivity index (χ4n) is 2.95. The molecule has 0 bridgehead atoms. The molecular weight excluding hydrogens is 376 g/mol. The molecule has 0 unspecified atom stereocenters. The monoisotopic (exact) mass is 404 g/mol. The van der Waals surface area contributed by atoms with Crippen molar-refractivity contribution in [3.05, 3.63) is 53.6 Å². The number of ether oxygens (including phenoxy) is 1. The van der Waals surface area contributed by atoms with Crippen LogP contribution < -0.4 is 14.4 Å². The van der Waals surface area contributed by atoms with Crippen LogP contribution in [0.3, 0.4) is 0 Å². The van der Waals surface area contributed by atoms with Gasteiger partial charge < -0.3 is 10.1 Å². The lowest BCUT2D eigenvalue weighted by Crippen LogP contribution is -2.45. The quantitative estimate of drug-likeness (QED) is 0.759. The molecule has 152 valence electrons. The number of carbonyl (C=O) groups excluding carboxylic acids is 1. The number of carbonyl (C=O) groups is 1. The topological polar surface area (TPSA) is 75.7 Å². The minimum Gasteiger partial charge on any atom is -0.495 e. The van der Waals surface area contributed by atoms with Gasteiger partial charge in [0.25, 0.3) is 0 Å². The number of nitrogens with zero attached hydrogens (tertiary/aromatic N) is 1. The van der Waals surface area contributed by atoms with E-state index in [0.717, 1.165) is 21.7 Å². The van der Waals surface area contributed by atoms with Gasteiger partial charge in [0, 0.05) is 5.69 Å². The number of sulfonamides is 1. The van der Waals surface area contributed by atoms with Gasteiger partial charge in [0.1, 0.15) is 11.8 Å². The molecule has 0 heterocycles. The Morgan fingerprint density at radius 2 is 1.68 bits per heavy atom. The summed E-state index contributed by atoms with van der Waals surface area (Å²) in [7, 11) is -2.26. The third kappa shape index (κ3) is 5.04. The van der Waals surface area contributed by atoms with E-state index in [0.29, 0.717) is 23.0 Å². The first-order valence-electron chi connectivity index (χ1n) is 9.09. The molecule has 6 nitrogen and oxygen atoms in total. The number of benzene rings is 2. The molecular formula is C21H28N2O4S. The molecule has 2 aromatic rings. The molecule has 1 N–H and O–H groups in total. The molecule has 28 heavy (non-hydrogen) atoms. The molecule has 2 rings (SSSR count). The van der Waals surface area contributed by atoms with Crippen molar-refractivity contribution >= 4 is 27.3 Å². The van der Waals surface area contributed by atoms with Crippen molar-refractivity contribution < 1.29 is 17.9 Å². The Morgan fingerprint density at radius 1 is 1.07 bits per heavy atom. The van der Waals surface area contributed by atoms with Crippen molar-refractivity contribution in [1.29, 1.82) is 0 Å². The number of methoxy groups -OCH3 is 1. The van der Waals surface area contributed by atoms with Crippen molar-refractivity contribution in [3.63, 3.8) is 0 Å². The molecule has 0 radical (unpaired) electrons. The van der Waals surface area contributed by atoms with E-state index in [9.17, 15) is 13.2 Å². The van der Waals surface area contributed by atoms with Crippen LogP contribution in [-0.4, -0.2) is 33.7 Å². The number of anilines is 2. The predicted octanol–water partition coefficient (Wildman–Crippen LogP) is 3.92. The summed E-state index contributed by atoms with van der Waals surface area (Å²) in [6, 6.07) is 11.8. The minimum atomic E-state index is -3.73. The summed E-state index contributed by atoms with van der Waals surface area (Å²) in [5.41, 5.74) is 2.98. The van der Waals surface area contributed by atoms with Crippen LogP contribution in [0.1, 0.15) is 37.8 Å². The summed E-state index contributed by atoms with van der Waals surface area (Å²) >= 11 is 0. The smallest absolute Gasteiger partial charge is 0.247 e. The number of amides is 1. The molecule has 0 fully saturated rings. The van der Waals surface area contributed by atoms with Crippen LogP contribution in [0, 0.1) is 6.92 Å². The maximum Gasteiger partial charge on any atom is 0.247 e. The number of hydrogen-bond acceptors (Lipinski definition) is 4. The van der Waals surface area contributed by atoms with Gasteiger partial charge in [-0.3, -0.25) is 9.10 Å². The van der Waals surface area contributed by atoms with E-state index in [1.165, 1.54) is 7.11 Å². The van der Waals surface area contributed by atoms with Crippen LogP contribution in [0.2, 0.25) is 0 Å². The van der Waals surface area contributed by atoms with E-state index in [1.807, 2.05) is 37.3 Å². The van der Waals surface area contributed by atoms with E-state index in [4.69, 9.17) is 4.74 Å². The van der Waals surface area contributed by atoms with E-state index in [-0.39, 0.29) is 0 Å². The van der Waals surface area contributed by atoms with Crippen molar-refractivity contribution in [2.45, 2.75) is 39.7 Å². The highest BCUT2D eigenvalue weighted by Gasteiger charge is 2.31. The van der Waals surface area contributed by atoms with Gasteiger partial charge in [-0.1, -0.05) is 32.0 Å². The number of nitrogens with one attached hydrogen (secondary N) is 1. The van der Waals surface area contributed by atoms with Crippen LogP contribution >= 0.6 is 0 Å². The molecule has 0 aliphatic heterocycles. The van der Waals surface area contributed by atoms with Crippen LogP contribution in [-0.2, 0) is 14.8 Å². The summed E-state index contributed by atoms with van der Waals surface area (Å²) in [5.74, 6) is 0.349. The van der Waals surface area contributed by atoms with Crippen LogP contribution in [0.15, 0.2) is 42.5 Å². The van der Waals surface area contributed by atoms with Gasteiger partial charge in [-0.05, 0) is 55.2 Å². The minimum absolute atomic E-state index is 0.336. The Labute approximate surface area is 167 Å². The first-order valence-corrected chi connectivity index (χ1v) is 10.9. The number of hydrogen-bond donors (Lipinski definition) is 1. The van der Waals surface area contributed by atoms with E-state index >= 15 is 0 Å². The largest absolute Gasteiger partial charge is 0.495 e. The molecule has 2 aromatic carbocycles. The predicted molar refractivity (Wildman–Crippen MR) is 114 cm³/mol. The maximum atomic E-state index is 12.8.